The van der Waals surface area contributed by atoms with Gasteiger partial charge in [0.15, 0.2) is 0 Å². The third kappa shape index (κ3) is 3.21. The molecule has 0 amide bonds. The second kappa shape index (κ2) is 7.55. The Kier molecular flexibility index (Phi) is 4.40. The summed E-state index contributed by atoms with van der Waals surface area (Å²) in [4.78, 5) is 4.88. The number of nitrogens with two attached hydrogens (primary N) is 1. The molecule has 2 aromatic rings. The number of halogens is 1. The van der Waals surface area contributed by atoms with E-state index >= 15 is 0 Å². The van der Waals surface area contributed by atoms with E-state index in [1.165, 1.54) is 0 Å². The van der Waals surface area contributed by atoms with E-state index in [2.05, 4.69) is 18.2 Å². The number of benzene rings is 2. The minimum atomic E-state index is -1.92. The van der Waals surface area contributed by atoms with Gasteiger partial charge in [-0.25, -0.2) is 4.99 Å². The number of methoxy groups -OCH3 is 1. The van der Waals surface area contributed by atoms with Crippen LogP contribution < -0.4 is 5.73 Å². The van der Waals surface area contributed by atoms with Gasteiger partial charge >= 0.3 is 0 Å². The SMILES string of the molecule is [2H]C1([2H])CC2(N=C(N)O1)c1cc(-c3cc(Cl)cc(C#N)c3)ccc1CC21CCC(OC)CC1. The molecule has 5 rings (SSSR count). The Morgan fingerprint density at radius 3 is 2.74 bits per heavy atom. The number of hydrogen-bond donors (Lipinski definition) is 1. The summed E-state index contributed by atoms with van der Waals surface area (Å²) in [5, 5.41) is 9.87. The van der Waals surface area contributed by atoms with E-state index in [9.17, 15) is 5.26 Å². The van der Waals surface area contributed by atoms with Gasteiger partial charge in [0.2, 0.25) is 0 Å². The Morgan fingerprint density at radius 1 is 1.23 bits per heavy atom. The summed E-state index contributed by atoms with van der Waals surface area (Å²) in [6.07, 6.45) is 4.67. The van der Waals surface area contributed by atoms with Crippen LogP contribution in [0, 0.1) is 16.7 Å². The smallest absolute Gasteiger partial charge is 0.282 e. The van der Waals surface area contributed by atoms with Crippen molar-refractivity contribution >= 4 is 17.6 Å². The van der Waals surface area contributed by atoms with Gasteiger partial charge < -0.3 is 15.2 Å². The highest BCUT2D eigenvalue weighted by molar-refractivity contribution is 6.31. The quantitative estimate of drug-likeness (QED) is 0.721. The molecular weight excluding hydrogens is 410 g/mol. The van der Waals surface area contributed by atoms with E-state index in [0.29, 0.717) is 10.6 Å². The van der Waals surface area contributed by atoms with Crippen molar-refractivity contribution in [1.82, 2.24) is 0 Å². The van der Waals surface area contributed by atoms with E-state index < -0.39 is 12.1 Å². The largest absolute Gasteiger partial charge is 0.465 e. The molecule has 0 saturated heterocycles. The molecular formula is C25H26ClN3O2. The van der Waals surface area contributed by atoms with Crippen LogP contribution in [0.25, 0.3) is 11.1 Å². The van der Waals surface area contributed by atoms with E-state index in [-0.39, 0.29) is 24.0 Å². The second-order valence-corrected chi connectivity index (χ2v) is 9.27. The number of amidine groups is 1. The summed E-state index contributed by atoms with van der Waals surface area (Å²) in [5.41, 5.74) is 9.40. The normalized spacial score (nSPS) is 31.9. The van der Waals surface area contributed by atoms with Crippen LogP contribution >= 0.6 is 11.6 Å². The van der Waals surface area contributed by atoms with E-state index in [4.69, 9.17) is 34.5 Å². The van der Waals surface area contributed by atoms with Crippen molar-refractivity contribution in [1.29, 1.82) is 5.26 Å². The van der Waals surface area contributed by atoms with Crippen LogP contribution in [0.4, 0.5) is 0 Å². The molecule has 6 heteroatoms. The number of rotatable bonds is 2. The zero-order valence-corrected chi connectivity index (χ0v) is 18.2. The maximum atomic E-state index is 9.38. The number of fused-ring (bicyclic) bond motifs is 3. The number of aliphatic imine (C=N–C) groups is 1. The van der Waals surface area contributed by atoms with Crippen LogP contribution in [-0.2, 0) is 21.4 Å². The minimum Gasteiger partial charge on any atom is -0.465 e. The molecule has 2 aliphatic carbocycles. The lowest BCUT2D eigenvalue weighted by molar-refractivity contribution is -0.0148. The van der Waals surface area contributed by atoms with Crippen molar-refractivity contribution in [2.75, 3.05) is 13.7 Å². The topological polar surface area (TPSA) is 80.6 Å². The molecule has 160 valence electrons. The minimum absolute atomic E-state index is 0.104. The van der Waals surface area contributed by atoms with Gasteiger partial charge in [0.1, 0.15) is 5.54 Å². The maximum absolute atomic E-state index is 9.38. The zero-order chi connectivity index (χ0) is 23.4. The van der Waals surface area contributed by atoms with Crippen LogP contribution in [0.2, 0.25) is 5.02 Å². The lowest BCUT2D eigenvalue weighted by atomic mass is 9.60. The molecule has 1 atom stereocenters. The number of nitriles is 1. The summed E-state index contributed by atoms with van der Waals surface area (Å²) in [6.45, 7) is -1.92. The highest BCUT2D eigenvalue weighted by atomic mass is 35.5. The third-order valence-electron chi connectivity index (χ3n) is 7.35. The first-order valence-corrected chi connectivity index (χ1v) is 11.0. The van der Waals surface area contributed by atoms with Crippen molar-refractivity contribution in [2.45, 2.75) is 50.2 Å². The Labute approximate surface area is 190 Å². The molecule has 31 heavy (non-hydrogen) atoms. The fraction of sp³-hybridized carbons (Fsp3) is 0.440. The van der Waals surface area contributed by atoms with E-state index in [0.717, 1.165) is 54.4 Å². The van der Waals surface area contributed by atoms with Gasteiger partial charge in [-0.1, -0.05) is 23.7 Å². The van der Waals surface area contributed by atoms with Gasteiger partial charge in [-0.05, 0) is 78.6 Å². The molecule has 1 saturated carbocycles. The Hall–Kier alpha value is -2.55. The molecule has 2 spiro atoms. The van der Waals surface area contributed by atoms with Crippen molar-refractivity contribution in [3.8, 4) is 17.2 Å². The first-order chi connectivity index (χ1) is 15.7. The number of hydrogen-bond acceptors (Lipinski definition) is 5. The predicted molar refractivity (Wildman–Crippen MR) is 121 cm³/mol. The van der Waals surface area contributed by atoms with Crippen molar-refractivity contribution in [3.63, 3.8) is 0 Å². The molecule has 1 fully saturated rings. The van der Waals surface area contributed by atoms with Gasteiger partial charge in [-0.3, -0.25) is 0 Å². The van der Waals surface area contributed by atoms with Crippen LogP contribution in [0.15, 0.2) is 41.4 Å². The lowest BCUT2D eigenvalue weighted by Gasteiger charge is -2.49. The van der Waals surface area contributed by atoms with Crippen molar-refractivity contribution in [3.05, 3.63) is 58.1 Å². The monoisotopic (exact) mass is 437 g/mol. The maximum Gasteiger partial charge on any atom is 0.282 e. The predicted octanol–water partition coefficient (Wildman–Crippen LogP) is 4.94. The van der Waals surface area contributed by atoms with Crippen LogP contribution in [0.3, 0.4) is 0 Å². The molecule has 0 radical (unpaired) electrons. The van der Waals surface area contributed by atoms with Gasteiger partial charge in [0, 0.05) is 24.0 Å². The Bertz CT molecular complexity index is 1180. The molecule has 0 aromatic heterocycles. The number of nitrogens with zero attached hydrogens (tertiary/aromatic N) is 2. The molecule has 1 aliphatic heterocycles. The van der Waals surface area contributed by atoms with Crippen molar-refractivity contribution < 1.29 is 12.2 Å². The summed E-state index contributed by atoms with van der Waals surface area (Å²) < 4.78 is 27.9. The van der Waals surface area contributed by atoms with Crippen LogP contribution in [0.5, 0.6) is 0 Å². The fourth-order valence-electron chi connectivity index (χ4n) is 5.81. The average Bonchev–Trinajstić information content (AvgIpc) is 3.00. The van der Waals surface area contributed by atoms with E-state index in [1.807, 2.05) is 18.2 Å². The summed E-state index contributed by atoms with van der Waals surface area (Å²) >= 11 is 6.27. The van der Waals surface area contributed by atoms with Gasteiger partial charge in [0.25, 0.3) is 6.02 Å². The van der Waals surface area contributed by atoms with E-state index in [1.54, 1.807) is 13.2 Å². The molecule has 1 unspecified atom stereocenters. The lowest BCUT2D eigenvalue weighted by Crippen LogP contribution is -2.49. The molecule has 2 aromatic carbocycles. The average molecular weight is 438 g/mol. The Morgan fingerprint density at radius 2 is 2.03 bits per heavy atom. The van der Waals surface area contributed by atoms with Crippen LogP contribution in [0.1, 0.15) is 51.5 Å². The summed E-state index contributed by atoms with van der Waals surface area (Å²) in [5.74, 6) is 0. The molecule has 2 N–H and O–H groups in total. The highest BCUT2D eigenvalue weighted by Crippen LogP contribution is 2.62. The molecule has 5 nitrogen and oxygen atoms in total. The molecule has 1 heterocycles. The zero-order valence-electron chi connectivity index (χ0n) is 19.5. The van der Waals surface area contributed by atoms with Gasteiger partial charge in [-0.15, -0.1) is 0 Å². The highest BCUT2D eigenvalue weighted by Gasteiger charge is 2.59. The first kappa shape index (κ1) is 18.1. The van der Waals surface area contributed by atoms with Gasteiger partial charge in [-0.2, -0.15) is 5.26 Å². The van der Waals surface area contributed by atoms with Crippen molar-refractivity contribution in [2.24, 2.45) is 16.1 Å². The molecule has 3 aliphatic rings. The standard InChI is InChI=1S/C25H26ClN3O2/c1-30-21-4-6-24(7-5-21)14-18-3-2-17(19-10-16(15-27)11-20(26)12-19)13-22(18)25(24)8-9-31-23(28)29-25/h2-3,10-13,21H,4-9,14H2,1H3,(H2,28,29)/i9D2. The number of ether oxygens (including phenoxy) is 2. The Balaban J connectivity index is 1.68. The fourth-order valence-corrected chi connectivity index (χ4v) is 6.04. The second-order valence-electron chi connectivity index (χ2n) is 8.84. The van der Waals surface area contributed by atoms with Crippen LogP contribution in [-0.4, -0.2) is 25.8 Å². The molecule has 0 bridgehead atoms. The third-order valence-corrected chi connectivity index (χ3v) is 7.57. The van der Waals surface area contributed by atoms with Gasteiger partial charge in [0.05, 0.1) is 27.0 Å². The first-order valence-electron chi connectivity index (χ1n) is 11.6. The summed E-state index contributed by atoms with van der Waals surface area (Å²) in [6, 6.07) is 13.6. The summed E-state index contributed by atoms with van der Waals surface area (Å²) in [7, 11) is 1.75.